The molecule has 0 aliphatic carbocycles. The van der Waals surface area contributed by atoms with Crippen LogP contribution in [0.25, 0.3) is 11.1 Å². The first-order valence-electron chi connectivity index (χ1n) is 9.13. The van der Waals surface area contributed by atoms with Gasteiger partial charge in [-0.25, -0.2) is 9.18 Å². The van der Waals surface area contributed by atoms with Gasteiger partial charge in [0.2, 0.25) is 0 Å². The number of cyclic esters (lactones) is 1. The zero-order valence-electron chi connectivity index (χ0n) is 15.5. The summed E-state index contributed by atoms with van der Waals surface area (Å²) in [5.74, 6) is -0.366. The van der Waals surface area contributed by atoms with Crippen molar-refractivity contribution in [1.82, 2.24) is 21.7 Å². The van der Waals surface area contributed by atoms with E-state index in [0.717, 1.165) is 16.8 Å². The zero-order chi connectivity index (χ0) is 19.5. The van der Waals surface area contributed by atoms with Gasteiger partial charge in [-0.1, -0.05) is 24.3 Å². The summed E-state index contributed by atoms with van der Waals surface area (Å²) in [4.78, 5) is 13.3. The lowest BCUT2D eigenvalue weighted by Crippen LogP contribution is -2.33. The maximum atomic E-state index is 14.7. The number of rotatable bonds is 6. The quantitative estimate of drug-likeness (QED) is 0.614. The molecule has 0 bridgehead atoms. The monoisotopic (exact) mass is 383 g/mol. The molecule has 0 aromatic heterocycles. The molecule has 7 nitrogen and oxygen atoms in total. The van der Waals surface area contributed by atoms with Gasteiger partial charge in [-0.2, -0.15) is 5.53 Å². The summed E-state index contributed by atoms with van der Waals surface area (Å²) in [6.45, 7) is 3.65. The number of halogens is 1. The Morgan fingerprint density at radius 2 is 2.04 bits per heavy atom. The molecule has 2 aliphatic heterocycles. The van der Waals surface area contributed by atoms with E-state index in [-0.39, 0.29) is 11.9 Å². The molecule has 2 aliphatic rings. The topological polar surface area (TPSA) is 77.7 Å². The average Bonchev–Trinajstić information content (AvgIpc) is 3.31. The largest absolute Gasteiger partial charge is 0.444 e. The lowest BCUT2D eigenvalue weighted by Gasteiger charge is -2.14. The Labute approximate surface area is 162 Å². The van der Waals surface area contributed by atoms with E-state index in [9.17, 15) is 9.18 Å². The average molecular weight is 383 g/mol. The molecule has 4 N–H and O–H groups in total. The number of carbonyl (C=O) groups excluding carboxylic acids is 1. The number of nitrogens with zero attached hydrogens (tertiary/aromatic N) is 1. The number of hydrogen-bond donors (Lipinski definition) is 4. The standard InChI is InChI=1S/C20H22FN5O2/c1-13-12-26(20(27)28-13)17-6-7-18(19(21)8-17)15-4-2-14(3-5-15)9-22-10-16-11-23-25-24-16/h2-8,11,13,22-25H,9-10,12H2,1H3/t13-/m0/s1. The second kappa shape index (κ2) is 7.87. The second-order valence-corrected chi connectivity index (χ2v) is 6.83. The fourth-order valence-electron chi connectivity index (χ4n) is 3.24. The highest BCUT2D eigenvalue weighted by molar-refractivity contribution is 5.90. The molecule has 0 spiro atoms. The van der Waals surface area contributed by atoms with E-state index in [1.54, 1.807) is 12.1 Å². The maximum Gasteiger partial charge on any atom is 0.414 e. The second-order valence-electron chi connectivity index (χ2n) is 6.83. The van der Waals surface area contributed by atoms with Crippen molar-refractivity contribution in [3.63, 3.8) is 0 Å². The first kappa shape index (κ1) is 18.3. The SMILES string of the molecule is C[C@H]1CN(c2ccc(-c3ccc(CNCC4=CNNN4)cc3)c(F)c2)C(=O)O1. The highest BCUT2D eigenvalue weighted by atomic mass is 19.1. The van der Waals surface area contributed by atoms with E-state index in [1.165, 1.54) is 11.0 Å². The van der Waals surface area contributed by atoms with Crippen molar-refractivity contribution >= 4 is 11.8 Å². The van der Waals surface area contributed by atoms with Crippen molar-refractivity contribution < 1.29 is 13.9 Å². The predicted octanol–water partition coefficient (Wildman–Crippen LogP) is 2.38. The van der Waals surface area contributed by atoms with Crippen molar-refractivity contribution in [3.8, 4) is 11.1 Å². The number of ether oxygens (including phenoxy) is 1. The third-order valence-electron chi connectivity index (χ3n) is 4.68. The van der Waals surface area contributed by atoms with Crippen molar-refractivity contribution in [2.75, 3.05) is 18.0 Å². The van der Waals surface area contributed by atoms with E-state index < -0.39 is 6.09 Å². The van der Waals surface area contributed by atoms with Gasteiger partial charge in [0.25, 0.3) is 0 Å². The van der Waals surface area contributed by atoms with Gasteiger partial charge in [0, 0.05) is 24.9 Å². The molecule has 8 heteroatoms. The lowest BCUT2D eigenvalue weighted by molar-refractivity contribution is 0.150. The molecule has 4 rings (SSSR count). The van der Waals surface area contributed by atoms with Crippen molar-refractivity contribution in [2.45, 2.75) is 19.6 Å². The van der Waals surface area contributed by atoms with Crippen LogP contribution in [0.15, 0.2) is 54.4 Å². The van der Waals surface area contributed by atoms with Gasteiger partial charge in [0.1, 0.15) is 11.9 Å². The number of nitrogens with one attached hydrogen (secondary N) is 4. The van der Waals surface area contributed by atoms with E-state index in [4.69, 9.17) is 4.74 Å². The van der Waals surface area contributed by atoms with Gasteiger partial charge in [-0.05, 0) is 36.2 Å². The van der Waals surface area contributed by atoms with Gasteiger partial charge in [-0.15, -0.1) is 0 Å². The number of anilines is 1. The third-order valence-corrected chi connectivity index (χ3v) is 4.68. The summed E-state index contributed by atoms with van der Waals surface area (Å²) in [6.07, 6.45) is 1.22. The summed E-state index contributed by atoms with van der Waals surface area (Å²) >= 11 is 0. The number of hydrogen-bond acceptors (Lipinski definition) is 6. The normalized spacial score (nSPS) is 18.5. The van der Waals surface area contributed by atoms with Gasteiger partial charge in [0.05, 0.1) is 17.9 Å². The summed E-state index contributed by atoms with van der Waals surface area (Å²) in [7, 11) is 0. The van der Waals surface area contributed by atoms with E-state index in [1.807, 2.05) is 37.4 Å². The first-order chi connectivity index (χ1) is 13.6. The zero-order valence-corrected chi connectivity index (χ0v) is 15.5. The molecule has 2 aromatic carbocycles. The Morgan fingerprint density at radius 1 is 1.21 bits per heavy atom. The van der Waals surface area contributed by atoms with Gasteiger partial charge in [-0.3, -0.25) is 4.90 Å². The Kier molecular flexibility index (Phi) is 5.14. The molecule has 0 saturated carbocycles. The summed E-state index contributed by atoms with van der Waals surface area (Å²) < 4.78 is 19.8. The molecule has 1 saturated heterocycles. The van der Waals surface area contributed by atoms with Crippen LogP contribution in [-0.4, -0.2) is 25.3 Å². The molecule has 2 heterocycles. The van der Waals surface area contributed by atoms with Crippen LogP contribution >= 0.6 is 0 Å². The molecule has 28 heavy (non-hydrogen) atoms. The lowest BCUT2D eigenvalue weighted by atomic mass is 10.0. The maximum absolute atomic E-state index is 14.7. The van der Waals surface area contributed by atoms with Gasteiger partial charge >= 0.3 is 6.09 Å². The van der Waals surface area contributed by atoms with Crippen molar-refractivity contribution in [3.05, 3.63) is 65.7 Å². The Morgan fingerprint density at radius 3 is 2.68 bits per heavy atom. The fraction of sp³-hybridized carbons (Fsp3) is 0.250. The molecule has 1 fully saturated rings. The number of amides is 1. The molecule has 0 radical (unpaired) electrons. The Hall–Kier alpha value is -3.10. The third kappa shape index (κ3) is 3.92. The van der Waals surface area contributed by atoms with Crippen LogP contribution in [0.4, 0.5) is 14.9 Å². The predicted molar refractivity (Wildman–Crippen MR) is 104 cm³/mol. The summed E-state index contributed by atoms with van der Waals surface area (Å²) in [5.41, 5.74) is 12.5. The molecule has 2 aromatic rings. The van der Waals surface area contributed by atoms with Crippen LogP contribution in [0, 0.1) is 5.82 Å². The van der Waals surface area contributed by atoms with E-state index in [2.05, 4.69) is 21.7 Å². The van der Waals surface area contributed by atoms with Crippen LogP contribution in [0.5, 0.6) is 0 Å². The van der Waals surface area contributed by atoms with Crippen LogP contribution in [0.2, 0.25) is 0 Å². The van der Waals surface area contributed by atoms with E-state index >= 15 is 0 Å². The molecule has 1 amide bonds. The number of carbonyl (C=O) groups is 1. The minimum absolute atomic E-state index is 0.190. The van der Waals surface area contributed by atoms with Gasteiger partial charge < -0.3 is 20.9 Å². The molecule has 0 unspecified atom stereocenters. The summed E-state index contributed by atoms with van der Waals surface area (Å²) in [6, 6.07) is 12.6. The van der Waals surface area contributed by atoms with Crippen LogP contribution in [0.1, 0.15) is 12.5 Å². The molecular weight excluding hydrogens is 361 g/mol. The summed E-state index contributed by atoms with van der Waals surface area (Å²) in [5, 5.41) is 3.33. The highest BCUT2D eigenvalue weighted by Gasteiger charge is 2.29. The Bertz CT molecular complexity index is 900. The van der Waals surface area contributed by atoms with Crippen LogP contribution < -0.4 is 26.6 Å². The van der Waals surface area contributed by atoms with Crippen molar-refractivity contribution in [1.29, 1.82) is 0 Å². The van der Waals surface area contributed by atoms with Crippen molar-refractivity contribution in [2.24, 2.45) is 0 Å². The van der Waals surface area contributed by atoms with E-state index in [0.29, 0.717) is 30.9 Å². The van der Waals surface area contributed by atoms with Crippen LogP contribution in [-0.2, 0) is 11.3 Å². The molecular formula is C20H22FN5O2. The Balaban J connectivity index is 1.41. The number of hydrazine groups is 2. The highest BCUT2D eigenvalue weighted by Crippen LogP contribution is 2.29. The number of benzene rings is 2. The van der Waals surface area contributed by atoms with Crippen LogP contribution in [0.3, 0.4) is 0 Å². The van der Waals surface area contributed by atoms with Gasteiger partial charge in [0.15, 0.2) is 0 Å². The minimum atomic E-state index is -0.438. The molecule has 1 atom stereocenters. The smallest absolute Gasteiger partial charge is 0.414 e. The minimum Gasteiger partial charge on any atom is -0.444 e. The molecule has 146 valence electrons. The fourth-order valence-corrected chi connectivity index (χ4v) is 3.24. The first-order valence-corrected chi connectivity index (χ1v) is 9.13.